The molecule has 3 N–H and O–H groups in total. The average Bonchev–Trinajstić information content (AvgIpc) is 2.12. The van der Waals surface area contributed by atoms with E-state index in [1.807, 2.05) is 6.92 Å². The fourth-order valence-corrected chi connectivity index (χ4v) is 0.913. The summed E-state index contributed by atoms with van der Waals surface area (Å²) in [5, 5.41) is 2.91. The third kappa shape index (κ3) is 5.74. The van der Waals surface area contributed by atoms with E-state index in [1.165, 1.54) is 0 Å². The molecule has 0 aromatic rings. The van der Waals surface area contributed by atoms with Crippen LogP contribution in [0.4, 0.5) is 0 Å². The Kier molecular flexibility index (Phi) is 5.83. The second-order valence-corrected chi connectivity index (χ2v) is 4.98. The minimum absolute atomic E-state index is 0.0522. The molecular formula is C11H24N2O2. The van der Waals surface area contributed by atoms with Crippen molar-refractivity contribution in [2.75, 3.05) is 13.7 Å². The van der Waals surface area contributed by atoms with Crippen molar-refractivity contribution in [1.82, 2.24) is 5.32 Å². The molecule has 0 aliphatic heterocycles. The van der Waals surface area contributed by atoms with Crippen LogP contribution in [0.1, 0.15) is 34.1 Å². The van der Waals surface area contributed by atoms with Crippen LogP contribution in [0.15, 0.2) is 0 Å². The number of ether oxygens (including phenoxy) is 1. The van der Waals surface area contributed by atoms with E-state index in [-0.39, 0.29) is 17.4 Å². The predicted molar refractivity (Wildman–Crippen MR) is 61.5 cm³/mol. The largest absolute Gasteiger partial charge is 0.385 e. The molecule has 0 saturated carbocycles. The normalized spacial score (nSPS) is 15.9. The number of rotatable bonds is 5. The summed E-state index contributed by atoms with van der Waals surface area (Å²) >= 11 is 0. The summed E-state index contributed by atoms with van der Waals surface area (Å²) in [5.74, 6) is -0.102. The van der Waals surface area contributed by atoms with Crippen LogP contribution in [0.25, 0.3) is 0 Å². The van der Waals surface area contributed by atoms with E-state index in [4.69, 9.17) is 10.5 Å². The SMILES string of the molecule is COCCC(N)C(=O)NC(C)C(C)(C)C. The smallest absolute Gasteiger partial charge is 0.237 e. The Bertz CT molecular complexity index is 199. The fourth-order valence-electron chi connectivity index (χ4n) is 0.913. The lowest BCUT2D eigenvalue weighted by Gasteiger charge is -2.29. The lowest BCUT2D eigenvalue weighted by atomic mass is 9.88. The molecule has 0 aliphatic rings. The minimum Gasteiger partial charge on any atom is -0.385 e. The fraction of sp³-hybridized carbons (Fsp3) is 0.909. The summed E-state index contributed by atoms with van der Waals surface area (Å²) in [6.45, 7) is 8.75. The van der Waals surface area contributed by atoms with Crippen LogP contribution in [0.3, 0.4) is 0 Å². The van der Waals surface area contributed by atoms with Crippen molar-refractivity contribution in [3.63, 3.8) is 0 Å². The monoisotopic (exact) mass is 216 g/mol. The van der Waals surface area contributed by atoms with Gasteiger partial charge in [-0.2, -0.15) is 0 Å². The molecule has 0 aromatic carbocycles. The van der Waals surface area contributed by atoms with E-state index < -0.39 is 6.04 Å². The summed E-state index contributed by atoms with van der Waals surface area (Å²) in [6, 6.07) is -0.367. The number of hydrogen-bond acceptors (Lipinski definition) is 3. The standard InChI is InChI=1S/C11H24N2O2/c1-8(11(2,3)4)13-10(14)9(12)6-7-15-5/h8-9H,6-7,12H2,1-5H3,(H,13,14). The van der Waals surface area contributed by atoms with Gasteiger partial charge >= 0.3 is 0 Å². The van der Waals surface area contributed by atoms with Crippen LogP contribution >= 0.6 is 0 Å². The van der Waals surface area contributed by atoms with Crippen molar-refractivity contribution in [2.45, 2.75) is 46.2 Å². The maximum atomic E-state index is 11.6. The molecule has 0 bridgehead atoms. The molecule has 4 nitrogen and oxygen atoms in total. The Morgan fingerprint density at radius 2 is 2.00 bits per heavy atom. The highest BCUT2D eigenvalue weighted by Gasteiger charge is 2.23. The van der Waals surface area contributed by atoms with Gasteiger partial charge < -0.3 is 15.8 Å². The van der Waals surface area contributed by atoms with Gasteiger partial charge in [0.15, 0.2) is 0 Å². The Morgan fingerprint density at radius 3 is 2.40 bits per heavy atom. The molecule has 0 spiro atoms. The number of nitrogens with one attached hydrogen (secondary N) is 1. The molecule has 15 heavy (non-hydrogen) atoms. The number of hydrogen-bond donors (Lipinski definition) is 2. The molecule has 0 rings (SSSR count). The maximum Gasteiger partial charge on any atom is 0.237 e. The maximum absolute atomic E-state index is 11.6. The van der Waals surface area contributed by atoms with Crippen LogP contribution in [-0.4, -0.2) is 31.7 Å². The first kappa shape index (κ1) is 14.4. The molecule has 2 unspecified atom stereocenters. The molecule has 4 heteroatoms. The minimum atomic E-state index is -0.477. The van der Waals surface area contributed by atoms with Gasteiger partial charge in [-0.1, -0.05) is 20.8 Å². The van der Waals surface area contributed by atoms with Crippen molar-refractivity contribution in [1.29, 1.82) is 0 Å². The Labute approximate surface area is 92.6 Å². The van der Waals surface area contributed by atoms with E-state index in [0.29, 0.717) is 13.0 Å². The Balaban J connectivity index is 4.02. The van der Waals surface area contributed by atoms with Crippen LogP contribution in [0.5, 0.6) is 0 Å². The zero-order chi connectivity index (χ0) is 12.1. The third-order valence-electron chi connectivity index (χ3n) is 2.63. The molecule has 0 aliphatic carbocycles. The second kappa shape index (κ2) is 6.08. The number of methoxy groups -OCH3 is 1. The van der Waals surface area contributed by atoms with Crippen LogP contribution in [-0.2, 0) is 9.53 Å². The highest BCUT2D eigenvalue weighted by Crippen LogP contribution is 2.18. The molecule has 0 fully saturated rings. The van der Waals surface area contributed by atoms with Gasteiger partial charge in [-0.05, 0) is 18.8 Å². The first-order valence-corrected chi connectivity index (χ1v) is 5.34. The molecule has 0 aromatic heterocycles. The number of amides is 1. The van der Waals surface area contributed by atoms with Crippen molar-refractivity contribution >= 4 is 5.91 Å². The van der Waals surface area contributed by atoms with E-state index >= 15 is 0 Å². The van der Waals surface area contributed by atoms with Gasteiger partial charge in [0, 0.05) is 19.8 Å². The second-order valence-electron chi connectivity index (χ2n) is 4.98. The van der Waals surface area contributed by atoms with Crippen LogP contribution < -0.4 is 11.1 Å². The highest BCUT2D eigenvalue weighted by atomic mass is 16.5. The molecule has 1 amide bonds. The topological polar surface area (TPSA) is 64.3 Å². The number of nitrogens with two attached hydrogens (primary N) is 1. The van der Waals surface area contributed by atoms with Gasteiger partial charge in [0.1, 0.15) is 0 Å². The lowest BCUT2D eigenvalue weighted by Crippen LogP contribution is -2.48. The highest BCUT2D eigenvalue weighted by molar-refractivity contribution is 5.81. The third-order valence-corrected chi connectivity index (χ3v) is 2.63. The van der Waals surface area contributed by atoms with Crippen molar-refractivity contribution in [3.05, 3.63) is 0 Å². The van der Waals surface area contributed by atoms with Gasteiger partial charge in [-0.25, -0.2) is 0 Å². The molecular weight excluding hydrogens is 192 g/mol. The van der Waals surface area contributed by atoms with E-state index in [0.717, 1.165) is 0 Å². The summed E-state index contributed by atoms with van der Waals surface area (Å²) < 4.78 is 4.87. The zero-order valence-corrected chi connectivity index (χ0v) is 10.5. The van der Waals surface area contributed by atoms with Gasteiger partial charge in [-0.15, -0.1) is 0 Å². The van der Waals surface area contributed by atoms with Crippen molar-refractivity contribution in [3.8, 4) is 0 Å². The van der Waals surface area contributed by atoms with Gasteiger partial charge in [0.05, 0.1) is 6.04 Å². The molecule has 0 heterocycles. The zero-order valence-electron chi connectivity index (χ0n) is 10.5. The van der Waals surface area contributed by atoms with E-state index in [2.05, 4.69) is 26.1 Å². The first-order valence-electron chi connectivity index (χ1n) is 5.34. The average molecular weight is 216 g/mol. The summed E-state index contributed by atoms with van der Waals surface area (Å²) in [7, 11) is 1.60. The summed E-state index contributed by atoms with van der Waals surface area (Å²) in [6.07, 6.45) is 0.555. The quantitative estimate of drug-likeness (QED) is 0.717. The van der Waals surface area contributed by atoms with E-state index in [1.54, 1.807) is 7.11 Å². The number of carbonyl (C=O) groups excluding carboxylic acids is 1. The molecule has 0 radical (unpaired) electrons. The van der Waals surface area contributed by atoms with Gasteiger partial charge in [0.25, 0.3) is 0 Å². The summed E-state index contributed by atoms with van der Waals surface area (Å²) in [5.41, 5.74) is 5.76. The number of carbonyl (C=O) groups is 1. The predicted octanol–water partition coefficient (Wildman–Crippen LogP) is 0.901. The van der Waals surface area contributed by atoms with Crippen molar-refractivity contribution in [2.24, 2.45) is 11.1 Å². The van der Waals surface area contributed by atoms with Crippen LogP contribution in [0, 0.1) is 5.41 Å². The Morgan fingerprint density at radius 1 is 1.47 bits per heavy atom. The Hall–Kier alpha value is -0.610. The molecule has 90 valence electrons. The lowest BCUT2D eigenvalue weighted by molar-refractivity contribution is -0.124. The van der Waals surface area contributed by atoms with Crippen LogP contribution in [0.2, 0.25) is 0 Å². The van der Waals surface area contributed by atoms with Crippen molar-refractivity contribution < 1.29 is 9.53 Å². The summed E-state index contributed by atoms with van der Waals surface area (Å²) in [4.78, 5) is 11.6. The molecule has 0 saturated heterocycles. The van der Waals surface area contributed by atoms with E-state index in [9.17, 15) is 4.79 Å². The first-order chi connectivity index (χ1) is 6.79. The van der Waals surface area contributed by atoms with Gasteiger partial charge in [0.2, 0.25) is 5.91 Å². The molecule has 2 atom stereocenters. The van der Waals surface area contributed by atoms with Gasteiger partial charge in [-0.3, -0.25) is 4.79 Å².